The lowest BCUT2D eigenvalue weighted by Crippen LogP contribution is -2.08. The fourth-order valence-electron chi connectivity index (χ4n) is 4.27. The predicted octanol–water partition coefficient (Wildman–Crippen LogP) is 6.10. The highest BCUT2D eigenvalue weighted by Gasteiger charge is 2.21. The van der Waals surface area contributed by atoms with Crippen LogP contribution in [0.3, 0.4) is 0 Å². The molecule has 0 saturated heterocycles. The van der Waals surface area contributed by atoms with Gasteiger partial charge in [0.2, 0.25) is 0 Å². The first-order valence-corrected chi connectivity index (χ1v) is 10.3. The summed E-state index contributed by atoms with van der Waals surface area (Å²) >= 11 is 0. The zero-order valence-corrected chi connectivity index (χ0v) is 17.3. The summed E-state index contributed by atoms with van der Waals surface area (Å²) in [5.74, 6) is 0. The third-order valence-corrected chi connectivity index (χ3v) is 5.74. The monoisotopic (exact) mass is 408 g/mol. The standard InChI is InChI=1S/C27H20O4/c1-3-17-14-21-20(18-10-6-4-7-11-18)15-22(28)30-26(21)24-16(2)23(27(29)31-25(17)24)19-12-8-5-9-13-19/h4-15H,3H2,1-2H3. The van der Waals surface area contributed by atoms with Gasteiger partial charge in [-0.3, -0.25) is 0 Å². The topological polar surface area (TPSA) is 60.4 Å². The van der Waals surface area contributed by atoms with Crippen molar-refractivity contribution in [1.82, 2.24) is 0 Å². The average molecular weight is 408 g/mol. The van der Waals surface area contributed by atoms with E-state index in [2.05, 4.69) is 0 Å². The van der Waals surface area contributed by atoms with E-state index in [4.69, 9.17) is 8.83 Å². The van der Waals surface area contributed by atoms with Crippen molar-refractivity contribution in [3.8, 4) is 22.3 Å². The molecule has 0 fully saturated rings. The summed E-state index contributed by atoms with van der Waals surface area (Å²) < 4.78 is 11.6. The maximum atomic E-state index is 13.0. The minimum absolute atomic E-state index is 0.396. The van der Waals surface area contributed by atoms with Crippen molar-refractivity contribution in [3.05, 3.63) is 105 Å². The van der Waals surface area contributed by atoms with Crippen molar-refractivity contribution in [2.24, 2.45) is 0 Å². The van der Waals surface area contributed by atoms with Gasteiger partial charge in [0.25, 0.3) is 0 Å². The van der Waals surface area contributed by atoms with Crippen LogP contribution in [0.4, 0.5) is 0 Å². The first kappa shape index (κ1) is 19.1. The molecule has 0 amide bonds. The predicted molar refractivity (Wildman–Crippen MR) is 124 cm³/mol. The number of hydrogen-bond acceptors (Lipinski definition) is 4. The Morgan fingerprint density at radius 2 is 1.42 bits per heavy atom. The summed E-state index contributed by atoms with van der Waals surface area (Å²) in [7, 11) is 0. The van der Waals surface area contributed by atoms with Crippen LogP contribution in [0, 0.1) is 6.92 Å². The van der Waals surface area contributed by atoms with Crippen LogP contribution in [0.2, 0.25) is 0 Å². The van der Waals surface area contributed by atoms with Crippen LogP contribution in [-0.4, -0.2) is 0 Å². The van der Waals surface area contributed by atoms with Crippen LogP contribution >= 0.6 is 0 Å². The summed E-state index contributed by atoms with van der Waals surface area (Å²) in [4.78, 5) is 25.5. The van der Waals surface area contributed by atoms with Gasteiger partial charge in [-0.25, -0.2) is 9.59 Å². The van der Waals surface area contributed by atoms with Crippen molar-refractivity contribution < 1.29 is 8.83 Å². The summed E-state index contributed by atoms with van der Waals surface area (Å²) in [6, 6.07) is 22.7. The Balaban J connectivity index is 2.00. The Kier molecular flexibility index (Phi) is 4.55. The maximum Gasteiger partial charge on any atom is 0.344 e. The molecule has 0 aliphatic carbocycles. The molecule has 0 aliphatic rings. The molecule has 0 unspecified atom stereocenters. The van der Waals surface area contributed by atoms with Crippen molar-refractivity contribution in [2.45, 2.75) is 20.3 Å². The van der Waals surface area contributed by atoms with E-state index < -0.39 is 11.3 Å². The molecule has 0 spiro atoms. The Labute approximate surface area is 178 Å². The number of aryl methyl sites for hydroxylation is 2. The molecule has 3 aromatic carbocycles. The summed E-state index contributed by atoms with van der Waals surface area (Å²) in [5, 5.41) is 1.49. The summed E-state index contributed by atoms with van der Waals surface area (Å²) in [5.41, 5.74) is 4.70. The van der Waals surface area contributed by atoms with Gasteiger partial charge in [0.1, 0.15) is 11.2 Å². The molecule has 4 nitrogen and oxygen atoms in total. The van der Waals surface area contributed by atoms with Crippen molar-refractivity contribution in [2.75, 3.05) is 0 Å². The Hall–Kier alpha value is -3.92. The van der Waals surface area contributed by atoms with Crippen LogP contribution in [-0.2, 0) is 6.42 Å². The molecule has 0 N–H and O–H groups in total. The molecule has 4 heteroatoms. The lowest BCUT2D eigenvalue weighted by molar-refractivity contribution is 0.550. The van der Waals surface area contributed by atoms with Gasteiger partial charge in [0.05, 0.1) is 10.9 Å². The van der Waals surface area contributed by atoms with E-state index in [0.717, 1.165) is 33.2 Å². The number of fused-ring (bicyclic) bond motifs is 3. The van der Waals surface area contributed by atoms with Gasteiger partial charge in [0.15, 0.2) is 0 Å². The molecular weight excluding hydrogens is 388 g/mol. The fraction of sp³-hybridized carbons (Fsp3) is 0.111. The molecule has 2 aromatic heterocycles. The van der Waals surface area contributed by atoms with Crippen molar-refractivity contribution in [3.63, 3.8) is 0 Å². The highest BCUT2D eigenvalue weighted by molar-refractivity contribution is 6.10. The van der Waals surface area contributed by atoms with Crippen LogP contribution < -0.4 is 11.3 Å². The van der Waals surface area contributed by atoms with Gasteiger partial charge < -0.3 is 8.83 Å². The Bertz CT molecular complexity index is 1540. The zero-order valence-electron chi connectivity index (χ0n) is 17.3. The lowest BCUT2D eigenvalue weighted by atomic mass is 9.93. The second-order valence-electron chi connectivity index (χ2n) is 7.57. The van der Waals surface area contributed by atoms with Crippen LogP contribution in [0.5, 0.6) is 0 Å². The molecule has 5 aromatic rings. The van der Waals surface area contributed by atoms with Gasteiger partial charge >= 0.3 is 11.3 Å². The molecule has 0 radical (unpaired) electrons. The van der Waals surface area contributed by atoms with Gasteiger partial charge in [-0.05, 0) is 47.2 Å². The normalized spacial score (nSPS) is 11.3. The van der Waals surface area contributed by atoms with Gasteiger partial charge in [-0.15, -0.1) is 0 Å². The highest BCUT2D eigenvalue weighted by atomic mass is 16.4. The number of rotatable bonds is 3. The highest BCUT2D eigenvalue weighted by Crippen LogP contribution is 2.37. The molecule has 0 atom stereocenters. The van der Waals surface area contributed by atoms with E-state index in [0.29, 0.717) is 28.5 Å². The van der Waals surface area contributed by atoms with Crippen LogP contribution in [0.15, 0.2) is 91.2 Å². The summed E-state index contributed by atoms with van der Waals surface area (Å²) in [6.45, 7) is 3.90. The van der Waals surface area contributed by atoms with E-state index in [9.17, 15) is 9.59 Å². The average Bonchev–Trinajstić information content (AvgIpc) is 2.79. The van der Waals surface area contributed by atoms with Gasteiger partial charge in [-0.2, -0.15) is 0 Å². The molecule has 0 aliphatic heterocycles. The molecule has 0 saturated carbocycles. The minimum atomic E-state index is -0.441. The lowest BCUT2D eigenvalue weighted by Gasteiger charge is -2.14. The quantitative estimate of drug-likeness (QED) is 0.267. The molecule has 2 heterocycles. The van der Waals surface area contributed by atoms with Crippen molar-refractivity contribution >= 4 is 21.9 Å². The summed E-state index contributed by atoms with van der Waals surface area (Å²) in [6.07, 6.45) is 0.673. The molecule has 5 rings (SSSR count). The largest absolute Gasteiger partial charge is 0.422 e. The smallest absolute Gasteiger partial charge is 0.344 e. The molecular formula is C27H20O4. The fourth-order valence-corrected chi connectivity index (χ4v) is 4.27. The molecule has 152 valence electrons. The van der Waals surface area contributed by atoms with E-state index in [1.807, 2.05) is 80.6 Å². The van der Waals surface area contributed by atoms with E-state index in [1.54, 1.807) is 0 Å². The van der Waals surface area contributed by atoms with Gasteiger partial charge in [-0.1, -0.05) is 67.6 Å². The van der Waals surface area contributed by atoms with Crippen LogP contribution in [0.1, 0.15) is 18.1 Å². The first-order chi connectivity index (χ1) is 15.1. The Morgan fingerprint density at radius 1 is 0.774 bits per heavy atom. The molecule has 0 bridgehead atoms. The van der Waals surface area contributed by atoms with E-state index in [-0.39, 0.29) is 0 Å². The van der Waals surface area contributed by atoms with E-state index in [1.165, 1.54) is 6.07 Å². The molecule has 31 heavy (non-hydrogen) atoms. The van der Waals surface area contributed by atoms with Crippen LogP contribution in [0.25, 0.3) is 44.2 Å². The SMILES string of the molecule is CCc1cc2c(-c3ccccc3)cc(=O)oc2c2c(C)c(-c3ccccc3)c(=O)oc12. The third-order valence-electron chi connectivity index (χ3n) is 5.74. The third kappa shape index (κ3) is 3.08. The number of hydrogen-bond donors (Lipinski definition) is 0. The second kappa shape index (κ2) is 7.40. The Morgan fingerprint density at radius 3 is 2.06 bits per heavy atom. The number of benzene rings is 3. The maximum absolute atomic E-state index is 13.0. The van der Waals surface area contributed by atoms with E-state index >= 15 is 0 Å². The van der Waals surface area contributed by atoms with Gasteiger partial charge in [0, 0.05) is 11.5 Å². The second-order valence-corrected chi connectivity index (χ2v) is 7.57. The zero-order chi connectivity index (χ0) is 21.5. The van der Waals surface area contributed by atoms with Crippen molar-refractivity contribution in [1.29, 1.82) is 0 Å². The minimum Gasteiger partial charge on any atom is -0.422 e. The first-order valence-electron chi connectivity index (χ1n) is 10.3.